The zero-order chi connectivity index (χ0) is 20.2. The number of carbonyl (C=O) groups excluding carboxylic acids is 2. The van der Waals surface area contributed by atoms with E-state index in [1.807, 2.05) is 0 Å². The number of halogens is 4. The second-order valence-corrected chi connectivity index (χ2v) is 6.18. The number of rotatable bonds is 5. The highest BCUT2D eigenvalue weighted by Crippen LogP contribution is 2.34. The second kappa shape index (κ2) is 8.30. The van der Waals surface area contributed by atoms with Gasteiger partial charge in [0.2, 0.25) is 11.8 Å². The Bertz CT molecular complexity index is 856. The fourth-order valence-corrected chi connectivity index (χ4v) is 2.52. The lowest BCUT2D eigenvalue weighted by Gasteiger charge is -2.18. The Hall–Kier alpha value is -2.74. The van der Waals surface area contributed by atoms with Crippen molar-refractivity contribution in [2.45, 2.75) is 26.1 Å². The topological polar surface area (TPSA) is 70.2 Å². The quantitative estimate of drug-likeness (QED) is 0.679. The zero-order valence-corrected chi connectivity index (χ0v) is 15.2. The summed E-state index contributed by atoms with van der Waals surface area (Å²) in [6, 6.07) is 8.54. The lowest BCUT2D eigenvalue weighted by molar-refractivity contribution is -0.137. The van der Waals surface area contributed by atoms with E-state index >= 15 is 0 Å². The van der Waals surface area contributed by atoms with Crippen LogP contribution in [0.3, 0.4) is 0 Å². The Balaban J connectivity index is 2.09. The van der Waals surface area contributed by atoms with Crippen LogP contribution in [0.4, 0.5) is 30.2 Å². The number of carbonyl (C=O) groups is 2. The van der Waals surface area contributed by atoms with E-state index in [2.05, 4.69) is 16.0 Å². The van der Waals surface area contributed by atoms with Crippen LogP contribution in [0.5, 0.6) is 0 Å². The summed E-state index contributed by atoms with van der Waals surface area (Å²) in [5.74, 6) is -0.928. The van der Waals surface area contributed by atoms with Crippen LogP contribution in [0.15, 0.2) is 42.5 Å². The van der Waals surface area contributed by atoms with E-state index in [-0.39, 0.29) is 16.6 Å². The van der Waals surface area contributed by atoms with Gasteiger partial charge in [-0.05, 0) is 37.3 Å². The molecule has 0 aliphatic heterocycles. The van der Waals surface area contributed by atoms with Crippen LogP contribution in [-0.4, -0.2) is 17.9 Å². The van der Waals surface area contributed by atoms with Gasteiger partial charge >= 0.3 is 6.18 Å². The number of nitrogens with one attached hydrogen (secondary N) is 3. The van der Waals surface area contributed by atoms with Crippen LogP contribution in [0.25, 0.3) is 0 Å². The van der Waals surface area contributed by atoms with Gasteiger partial charge in [-0.15, -0.1) is 0 Å². The lowest BCUT2D eigenvalue weighted by Crippen LogP contribution is -2.32. The fourth-order valence-electron chi connectivity index (χ4n) is 2.29. The molecule has 0 aliphatic rings. The molecule has 0 fully saturated rings. The summed E-state index contributed by atoms with van der Waals surface area (Å²) in [5, 5.41) is 7.93. The van der Waals surface area contributed by atoms with E-state index < -0.39 is 23.7 Å². The van der Waals surface area contributed by atoms with Crippen molar-refractivity contribution in [1.29, 1.82) is 0 Å². The Morgan fingerprint density at radius 3 is 2.30 bits per heavy atom. The van der Waals surface area contributed by atoms with Crippen molar-refractivity contribution in [3.8, 4) is 0 Å². The van der Waals surface area contributed by atoms with Crippen molar-refractivity contribution in [2.24, 2.45) is 0 Å². The SMILES string of the molecule is CC(=O)Nc1ccc(NC(C)C(=O)Nc2ccccc2C(F)(F)F)cc1Cl. The molecule has 27 heavy (non-hydrogen) atoms. The van der Waals surface area contributed by atoms with Gasteiger partial charge in [-0.3, -0.25) is 9.59 Å². The van der Waals surface area contributed by atoms with Crippen molar-refractivity contribution >= 4 is 40.5 Å². The van der Waals surface area contributed by atoms with Gasteiger partial charge in [-0.25, -0.2) is 0 Å². The molecular formula is C18H17ClF3N3O2. The van der Waals surface area contributed by atoms with Gasteiger partial charge in [0.15, 0.2) is 0 Å². The smallest absolute Gasteiger partial charge is 0.374 e. The zero-order valence-electron chi connectivity index (χ0n) is 14.4. The van der Waals surface area contributed by atoms with Crippen LogP contribution in [-0.2, 0) is 15.8 Å². The van der Waals surface area contributed by atoms with Crippen molar-refractivity contribution in [1.82, 2.24) is 0 Å². The van der Waals surface area contributed by atoms with Gasteiger partial charge in [-0.1, -0.05) is 23.7 Å². The fraction of sp³-hybridized carbons (Fsp3) is 0.222. The lowest BCUT2D eigenvalue weighted by atomic mass is 10.1. The number of anilines is 3. The maximum Gasteiger partial charge on any atom is 0.418 e. The molecule has 0 spiro atoms. The van der Waals surface area contributed by atoms with Crippen molar-refractivity contribution in [3.63, 3.8) is 0 Å². The minimum absolute atomic E-state index is 0.255. The molecule has 1 unspecified atom stereocenters. The standard InChI is InChI=1S/C18H17ClF3N3O2/c1-10(23-12-7-8-16(14(19)9-12)24-11(2)26)17(27)25-15-6-4-3-5-13(15)18(20,21)22/h3-10,23H,1-2H3,(H,24,26)(H,25,27). The molecule has 5 nitrogen and oxygen atoms in total. The number of benzene rings is 2. The number of alkyl halides is 3. The largest absolute Gasteiger partial charge is 0.418 e. The second-order valence-electron chi connectivity index (χ2n) is 5.77. The summed E-state index contributed by atoms with van der Waals surface area (Å²) in [6.45, 7) is 2.84. The highest BCUT2D eigenvalue weighted by molar-refractivity contribution is 6.34. The van der Waals surface area contributed by atoms with Crippen LogP contribution in [0.2, 0.25) is 5.02 Å². The molecule has 9 heteroatoms. The van der Waals surface area contributed by atoms with Crippen LogP contribution < -0.4 is 16.0 Å². The third kappa shape index (κ3) is 5.62. The Kier molecular flexibility index (Phi) is 6.32. The molecule has 0 aromatic heterocycles. The molecule has 1 atom stereocenters. The predicted molar refractivity (Wildman–Crippen MR) is 98.9 cm³/mol. The summed E-state index contributed by atoms with van der Waals surface area (Å²) < 4.78 is 39.0. The van der Waals surface area contributed by atoms with Gasteiger partial charge in [0.05, 0.1) is 22.0 Å². The molecule has 2 aromatic rings. The summed E-state index contributed by atoms with van der Waals surface area (Å²) in [5.41, 5.74) is -0.359. The first kappa shape index (κ1) is 20.6. The molecule has 144 valence electrons. The maximum atomic E-state index is 13.0. The van der Waals surface area contributed by atoms with Gasteiger partial charge in [-0.2, -0.15) is 13.2 Å². The average Bonchev–Trinajstić information content (AvgIpc) is 2.56. The highest BCUT2D eigenvalue weighted by Gasteiger charge is 2.33. The first-order chi connectivity index (χ1) is 12.6. The Labute approximate surface area is 158 Å². The van der Waals surface area contributed by atoms with E-state index in [0.717, 1.165) is 6.07 Å². The van der Waals surface area contributed by atoms with E-state index in [4.69, 9.17) is 11.6 Å². The molecule has 0 aliphatic carbocycles. The van der Waals surface area contributed by atoms with Crippen molar-refractivity contribution < 1.29 is 22.8 Å². The number of para-hydroxylation sites is 1. The molecule has 0 saturated carbocycles. The first-order valence-corrected chi connectivity index (χ1v) is 8.26. The van der Waals surface area contributed by atoms with Crippen molar-refractivity contribution in [3.05, 3.63) is 53.1 Å². The third-order valence-electron chi connectivity index (χ3n) is 3.55. The Morgan fingerprint density at radius 1 is 1.04 bits per heavy atom. The molecular weight excluding hydrogens is 383 g/mol. The maximum absolute atomic E-state index is 13.0. The molecule has 0 bridgehead atoms. The molecule has 0 radical (unpaired) electrons. The van der Waals surface area contributed by atoms with E-state index in [1.54, 1.807) is 12.1 Å². The molecule has 2 amide bonds. The third-order valence-corrected chi connectivity index (χ3v) is 3.86. The van der Waals surface area contributed by atoms with Gasteiger partial charge in [0.25, 0.3) is 0 Å². The van der Waals surface area contributed by atoms with E-state index in [1.165, 1.54) is 38.1 Å². The van der Waals surface area contributed by atoms with Crippen LogP contribution in [0.1, 0.15) is 19.4 Å². The average molecular weight is 400 g/mol. The van der Waals surface area contributed by atoms with Gasteiger partial charge < -0.3 is 16.0 Å². The Morgan fingerprint density at radius 2 is 1.70 bits per heavy atom. The summed E-state index contributed by atoms with van der Waals surface area (Å²) in [7, 11) is 0. The number of hydrogen-bond donors (Lipinski definition) is 3. The summed E-state index contributed by atoms with van der Waals surface area (Å²) in [6.07, 6.45) is -4.58. The molecule has 0 saturated heterocycles. The van der Waals surface area contributed by atoms with Crippen LogP contribution >= 0.6 is 11.6 Å². The highest BCUT2D eigenvalue weighted by atomic mass is 35.5. The van der Waals surface area contributed by atoms with Gasteiger partial charge in [0, 0.05) is 12.6 Å². The molecule has 0 heterocycles. The van der Waals surface area contributed by atoms with E-state index in [0.29, 0.717) is 11.4 Å². The minimum Gasteiger partial charge on any atom is -0.374 e. The first-order valence-electron chi connectivity index (χ1n) is 7.88. The number of amides is 2. The summed E-state index contributed by atoms with van der Waals surface area (Å²) in [4.78, 5) is 23.3. The molecule has 2 rings (SSSR count). The monoisotopic (exact) mass is 399 g/mol. The molecule has 3 N–H and O–H groups in total. The number of hydrogen-bond acceptors (Lipinski definition) is 3. The molecule has 2 aromatic carbocycles. The minimum atomic E-state index is -4.58. The van der Waals surface area contributed by atoms with Crippen LogP contribution in [0, 0.1) is 0 Å². The predicted octanol–water partition coefficient (Wildman–Crippen LogP) is 4.76. The summed E-state index contributed by atoms with van der Waals surface area (Å²) >= 11 is 6.06. The van der Waals surface area contributed by atoms with Crippen molar-refractivity contribution in [2.75, 3.05) is 16.0 Å². The van der Waals surface area contributed by atoms with Gasteiger partial charge in [0.1, 0.15) is 6.04 Å². The normalized spacial score (nSPS) is 12.2. The van der Waals surface area contributed by atoms with E-state index in [9.17, 15) is 22.8 Å².